The number of nitrogens with one attached hydrogen (secondary N) is 1. The summed E-state index contributed by atoms with van der Waals surface area (Å²) < 4.78 is 5.76. The zero-order chi connectivity index (χ0) is 11.7. The first-order chi connectivity index (χ1) is 8.40. The Morgan fingerprint density at radius 1 is 1.24 bits per heavy atom. The van der Waals surface area contributed by atoms with Gasteiger partial charge in [-0.15, -0.1) is 0 Å². The third-order valence-electron chi connectivity index (χ3n) is 3.40. The van der Waals surface area contributed by atoms with Crippen LogP contribution in [0.1, 0.15) is 24.9 Å². The Morgan fingerprint density at radius 2 is 2.06 bits per heavy atom. The Hall–Kier alpha value is -1.54. The molecule has 1 fully saturated rings. The average molecular weight is 227 g/mol. The highest BCUT2D eigenvalue weighted by Gasteiger charge is 2.24. The van der Waals surface area contributed by atoms with Crippen LogP contribution in [0.3, 0.4) is 0 Å². The Morgan fingerprint density at radius 3 is 2.76 bits per heavy atom. The van der Waals surface area contributed by atoms with E-state index in [0.29, 0.717) is 6.04 Å². The molecule has 1 heterocycles. The van der Waals surface area contributed by atoms with Gasteiger partial charge in [-0.3, -0.25) is 0 Å². The minimum atomic E-state index is 0.461. The molecule has 0 radical (unpaired) electrons. The Balaban J connectivity index is 2.19. The number of fused-ring (bicyclic) bond motifs is 1. The van der Waals surface area contributed by atoms with Crippen molar-refractivity contribution in [3.63, 3.8) is 0 Å². The molecule has 0 aliphatic carbocycles. The highest BCUT2D eigenvalue weighted by molar-refractivity contribution is 5.88. The van der Waals surface area contributed by atoms with Crippen molar-refractivity contribution in [3.05, 3.63) is 42.0 Å². The third-order valence-corrected chi connectivity index (χ3v) is 3.40. The monoisotopic (exact) mass is 227 g/mol. The van der Waals surface area contributed by atoms with E-state index in [4.69, 9.17) is 4.74 Å². The van der Waals surface area contributed by atoms with Crippen LogP contribution in [0.15, 0.2) is 36.4 Å². The van der Waals surface area contributed by atoms with E-state index in [2.05, 4.69) is 41.7 Å². The van der Waals surface area contributed by atoms with Crippen molar-refractivity contribution in [1.29, 1.82) is 0 Å². The van der Waals surface area contributed by atoms with Gasteiger partial charge >= 0.3 is 0 Å². The molecule has 17 heavy (non-hydrogen) atoms. The lowest BCUT2D eigenvalue weighted by Crippen LogP contribution is -2.35. The molecule has 88 valence electrons. The van der Waals surface area contributed by atoms with Crippen LogP contribution in [0.5, 0.6) is 5.75 Å². The van der Waals surface area contributed by atoms with Gasteiger partial charge in [0.15, 0.2) is 0 Å². The van der Waals surface area contributed by atoms with Crippen molar-refractivity contribution in [2.24, 2.45) is 0 Å². The molecular formula is C15H17NO. The lowest BCUT2D eigenvalue weighted by molar-refractivity contribution is 0.317. The van der Waals surface area contributed by atoms with E-state index in [1.807, 2.05) is 6.92 Å². The van der Waals surface area contributed by atoms with E-state index < -0.39 is 0 Å². The minimum Gasteiger partial charge on any atom is -0.494 e. The molecule has 1 aliphatic rings. The van der Waals surface area contributed by atoms with Crippen LogP contribution in [0.25, 0.3) is 10.8 Å². The summed E-state index contributed by atoms with van der Waals surface area (Å²) in [5, 5.41) is 6.08. The molecule has 3 rings (SSSR count). The summed E-state index contributed by atoms with van der Waals surface area (Å²) in [6, 6.07) is 13.2. The molecule has 0 amide bonds. The molecule has 1 N–H and O–H groups in total. The van der Waals surface area contributed by atoms with Gasteiger partial charge < -0.3 is 10.1 Å². The second kappa shape index (κ2) is 4.38. The van der Waals surface area contributed by atoms with E-state index in [1.54, 1.807) is 0 Å². The quantitative estimate of drug-likeness (QED) is 0.869. The van der Waals surface area contributed by atoms with Gasteiger partial charge in [0.05, 0.1) is 6.61 Å². The van der Waals surface area contributed by atoms with Gasteiger partial charge in [0.25, 0.3) is 0 Å². The minimum absolute atomic E-state index is 0.461. The van der Waals surface area contributed by atoms with Crippen molar-refractivity contribution >= 4 is 10.8 Å². The predicted octanol–water partition coefficient (Wildman–Crippen LogP) is 3.27. The van der Waals surface area contributed by atoms with Crippen LogP contribution in [0.4, 0.5) is 0 Å². The summed E-state index contributed by atoms with van der Waals surface area (Å²) in [5.74, 6) is 1.03. The van der Waals surface area contributed by atoms with E-state index in [1.165, 1.54) is 22.8 Å². The van der Waals surface area contributed by atoms with Crippen LogP contribution in [-0.2, 0) is 0 Å². The fraction of sp³-hybridized carbons (Fsp3) is 0.333. The van der Waals surface area contributed by atoms with Gasteiger partial charge in [0.1, 0.15) is 5.75 Å². The van der Waals surface area contributed by atoms with Crippen molar-refractivity contribution in [3.8, 4) is 5.75 Å². The number of hydrogen-bond donors (Lipinski definition) is 1. The molecule has 0 aromatic heterocycles. The summed E-state index contributed by atoms with van der Waals surface area (Å²) in [6.07, 6.45) is 1.20. The average Bonchev–Trinajstić information content (AvgIpc) is 2.30. The highest BCUT2D eigenvalue weighted by atomic mass is 16.5. The molecule has 1 aliphatic heterocycles. The van der Waals surface area contributed by atoms with E-state index in [0.717, 1.165) is 18.9 Å². The topological polar surface area (TPSA) is 21.3 Å². The Bertz CT molecular complexity index is 531. The fourth-order valence-electron chi connectivity index (χ4n) is 2.45. The molecule has 1 atom stereocenters. The number of ether oxygens (including phenoxy) is 1. The molecule has 2 nitrogen and oxygen atoms in total. The third kappa shape index (κ3) is 1.79. The normalized spacial score (nSPS) is 19.0. The standard InChI is InChI=1S/C15H17NO/c1-2-17-14-8-7-11-5-3-4-6-12(11)15(14)13-9-10-16-13/h3-8,13,16H,2,9-10H2,1H3. The molecular weight excluding hydrogens is 210 g/mol. The van der Waals surface area contributed by atoms with Crippen molar-refractivity contribution in [2.75, 3.05) is 13.2 Å². The number of benzene rings is 2. The van der Waals surface area contributed by atoms with E-state index in [9.17, 15) is 0 Å². The van der Waals surface area contributed by atoms with Gasteiger partial charge in [-0.25, -0.2) is 0 Å². The SMILES string of the molecule is CCOc1ccc2ccccc2c1C1CCN1. The van der Waals surface area contributed by atoms with Crippen LogP contribution >= 0.6 is 0 Å². The second-order valence-electron chi connectivity index (χ2n) is 4.43. The molecule has 0 saturated carbocycles. The van der Waals surface area contributed by atoms with Gasteiger partial charge in [-0.1, -0.05) is 30.3 Å². The molecule has 0 spiro atoms. The first kappa shape index (κ1) is 10.6. The lowest BCUT2D eigenvalue weighted by Gasteiger charge is -2.30. The number of rotatable bonds is 3. The second-order valence-corrected chi connectivity index (χ2v) is 4.43. The molecule has 0 bridgehead atoms. The zero-order valence-electron chi connectivity index (χ0n) is 10.1. The summed E-state index contributed by atoms with van der Waals surface area (Å²) in [7, 11) is 0. The maximum absolute atomic E-state index is 5.76. The summed E-state index contributed by atoms with van der Waals surface area (Å²) in [5.41, 5.74) is 1.33. The van der Waals surface area contributed by atoms with Crippen molar-refractivity contribution < 1.29 is 4.74 Å². The molecule has 1 unspecified atom stereocenters. The highest BCUT2D eigenvalue weighted by Crippen LogP contribution is 2.37. The van der Waals surface area contributed by atoms with Gasteiger partial charge in [-0.05, 0) is 36.7 Å². The predicted molar refractivity (Wildman–Crippen MR) is 70.5 cm³/mol. The number of hydrogen-bond acceptors (Lipinski definition) is 2. The first-order valence-corrected chi connectivity index (χ1v) is 6.28. The van der Waals surface area contributed by atoms with Crippen LogP contribution in [0, 0.1) is 0 Å². The Kier molecular flexibility index (Phi) is 2.73. The lowest BCUT2D eigenvalue weighted by atomic mass is 9.92. The van der Waals surface area contributed by atoms with Gasteiger partial charge in [0, 0.05) is 11.6 Å². The summed E-state index contributed by atoms with van der Waals surface area (Å²) >= 11 is 0. The smallest absolute Gasteiger partial charge is 0.124 e. The van der Waals surface area contributed by atoms with Gasteiger partial charge in [-0.2, -0.15) is 0 Å². The fourth-order valence-corrected chi connectivity index (χ4v) is 2.45. The van der Waals surface area contributed by atoms with E-state index in [-0.39, 0.29) is 0 Å². The molecule has 1 saturated heterocycles. The van der Waals surface area contributed by atoms with E-state index >= 15 is 0 Å². The van der Waals surface area contributed by atoms with Crippen molar-refractivity contribution in [2.45, 2.75) is 19.4 Å². The summed E-state index contributed by atoms with van der Waals surface area (Å²) in [4.78, 5) is 0. The largest absolute Gasteiger partial charge is 0.494 e. The zero-order valence-corrected chi connectivity index (χ0v) is 10.1. The van der Waals surface area contributed by atoms with Crippen LogP contribution in [0.2, 0.25) is 0 Å². The van der Waals surface area contributed by atoms with Gasteiger partial charge in [0.2, 0.25) is 0 Å². The molecule has 2 aromatic rings. The van der Waals surface area contributed by atoms with Crippen LogP contribution in [-0.4, -0.2) is 13.2 Å². The maximum atomic E-state index is 5.76. The molecule has 2 aromatic carbocycles. The van der Waals surface area contributed by atoms with Crippen molar-refractivity contribution in [1.82, 2.24) is 5.32 Å². The molecule has 2 heteroatoms. The summed E-state index contributed by atoms with van der Waals surface area (Å²) in [6.45, 7) is 3.87. The maximum Gasteiger partial charge on any atom is 0.124 e. The Labute approximate surface area is 102 Å². The first-order valence-electron chi connectivity index (χ1n) is 6.28. The van der Waals surface area contributed by atoms with Crippen LogP contribution < -0.4 is 10.1 Å².